The first-order chi connectivity index (χ1) is 16.7. The van der Waals surface area contributed by atoms with Gasteiger partial charge < -0.3 is 9.88 Å². The maximum absolute atomic E-state index is 13.7. The summed E-state index contributed by atoms with van der Waals surface area (Å²) in [6, 6.07) is 35.4. The Morgan fingerprint density at radius 3 is 2.32 bits per heavy atom. The van der Waals surface area contributed by atoms with Gasteiger partial charge in [-0.15, -0.1) is 0 Å². The number of aromatic nitrogens is 1. The molecule has 34 heavy (non-hydrogen) atoms. The second kappa shape index (κ2) is 8.35. The third-order valence-electron chi connectivity index (χ3n) is 6.90. The minimum atomic E-state index is -0.139. The minimum absolute atomic E-state index is 0.108. The highest BCUT2D eigenvalue weighted by Crippen LogP contribution is 2.45. The van der Waals surface area contributed by atoms with Crippen molar-refractivity contribution in [3.8, 4) is 11.3 Å². The normalized spacial score (nSPS) is 15.1. The lowest BCUT2D eigenvalue weighted by molar-refractivity contribution is 0.0753. The van der Waals surface area contributed by atoms with Gasteiger partial charge >= 0.3 is 0 Å². The van der Waals surface area contributed by atoms with E-state index in [0.717, 1.165) is 39.7 Å². The van der Waals surface area contributed by atoms with Crippen LogP contribution in [0.4, 0.5) is 0 Å². The Morgan fingerprint density at radius 1 is 0.794 bits per heavy atom. The minimum Gasteiger partial charge on any atom is -0.354 e. The Balaban J connectivity index is 1.53. The second-order valence-corrected chi connectivity index (χ2v) is 9.05. The number of rotatable bonds is 5. The van der Waals surface area contributed by atoms with E-state index >= 15 is 0 Å². The number of fused-ring (bicyclic) bond motifs is 2. The number of amides is 1. The number of benzene rings is 4. The first-order valence-corrected chi connectivity index (χ1v) is 11.8. The molecule has 3 nitrogen and oxygen atoms in total. The lowest BCUT2D eigenvalue weighted by Gasteiger charge is -2.27. The van der Waals surface area contributed by atoms with Gasteiger partial charge in [-0.1, -0.05) is 96.6 Å². The molecule has 1 N–H and O–H groups in total. The van der Waals surface area contributed by atoms with Crippen LogP contribution in [0.25, 0.3) is 22.2 Å². The number of hydrogen-bond acceptors (Lipinski definition) is 1. The van der Waals surface area contributed by atoms with Crippen LogP contribution in [-0.4, -0.2) is 22.3 Å². The standard InChI is InChI=1S/C31H26N2O/c1-21-15-17-23(18-16-21)29-28(26-13-7-8-14-27(26)32-29)30-24-11-5-6-12-25(24)31(34)33(30)20-19-22-9-3-2-4-10-22/h2-18,30,32H,19-20H2,1H3/t30-/m0/s1. The molecule has 0 bridgehead atoms. The van der Waals surface area contributed by atoms with Crippen molar-refractivity contribution in [2.75, 3.05) is 6.54 Å². The number of nitrogens with one attached hydrogen (secondary N) is 1. The maximum Gasteiger partial charge on any atom is 0.255 e. The van der Waals surface area contributed by atoms with Crippen LogP contribution in [0.15, 0.2) is 103 Å². The molecule has 1 aromatic heterocycles. The summed E-state index contributed by atoms with van der Waals surface area (Å²) in [6.45, 7) is 2.77. The fraction of sp³-hybridized carbons (Fsp3) is 0.129. The van der Waals surface area contributed by atoms with Gasteiger partial charge in [0.1, 0.15) is 0 Å². The zero-order chi connectivity index (χ0) is 23.1. The van der Waals surface area contributed by atoms with Crippen LogP contribution in [0.3, 0.4) is 0 Å². The fourth-order valence-corrected chi connectivity index (χ4v) is 5.20. The Bertz CT molecular complexity index is 1480. The van der Waals surface area contributed by atoms with Crippen LogP contribution in [-0.2, 0) is 6.42 Å². The lowest BCUT2D eigenvalue weighted by atomic mass is 9.93. The van der Waals surface area contributed by atoms with Crippen molar-refractivity contribution < 1.29 is 4.79 Å². The molecular formula is C31H26N2O. The highest BCUT2D eigenvalue weighted by molar-refractivity contribution is 6.02. The quantitative estimate of drug-likeness (QED) is 0.315. The maximum atomic E-state index is 13.7. The van der Waals surface area contributed by atoms with Crippen LogP contribution in [0, 0.1) is 6.92 Å². The van der Waals surface area contributed by atoms with Crippen molar-refractivity contribution in [3.63, 3.8) is 0 Å². The molecule has 1 amide bonds. The number of aromatic amines is 1. The molecule has 3 heteroatoms. The van der Waals surface area contributed by atoms with E-state index in [2.05, 4.69) is 95.7 Å². The van der Waals surface area contributed by atoms with E-state index in [1.165, 1.54) is 16.7 Å². The van der Waals surface area contributed by atoms with Crippen LogP contribution < -0.4 is 0 Å². The third kappa shape index (κ3) is 3.41. The Labute approximate surface area is 199 Å². The first-order valence-electron chi connectivity index (χ1n) is 11.8. The average molecular weight is 443 g/mol. The van der Waals surface area contributed by atoms with Gasteiger partial charge in [-0.2, -0.15) is 0 Å². The molecule has 0 spiro atoms. The molecule has 4 aromatic carbocycles. The van der Waals surface area contributed by atoms with Crippen molar-refractivity contribution >= 4 is 16.8 Å². The highest BCUT2D eigenvalue weighted by Gasteiger charge is 2.39. The molecule has 0 saturated heterocycles. The van der Waals surface area contributed by atoms with Gasteiger partial charge in [0.2, 0.25) is 0 Å². The van der Waals surface area contributed by atoms with Crippen LogP contribution >= 0.6 is 0 Å². The lowest BCUT2D eigenvalue weighted by Crippen LogP contribution is -2.31. The topological polar surface area (TPSA) is 36.1 Å². The predicted molar refractivity (Wildman–Crippen MR) is 138 cm³/mol. The van der Waals surface area contributed by atoms with Gasteiger partial charge in [0, 0.05) is 28.6 Å². The second-order valence-electron chi connectivity index (χ2n) is 9.05. The SMILES string of the molecule is Cc1ccc(-c2[nH]c3ccccc3c2[C@@H]2c3ccccc3C(=O)N2CCc2ccccc2)cc1. The molecule has 1 aliphatic heterocycles. The molecule has 0 aliphatic carbocycles. The number of aryl methyl sites for hydroxylation is 1. The zero-order valence-corrected chi connectivity index (χ0v) is 19.2. The summed E-state index contributed by atoms with van der Waals surface area (Å²) in [6.07, 6.45) is 0.819. The fourth-order valence-electron chi connectivity index (χ4n) is 5.20. The van der Waals surface area contributed by atoms with Gasteiger partial charge in [0.15, 0.2) is 0 Å². The van der Waals surface area contributed by atoms with Crippen molar-refractivity contribution in [2.45, 2.75) is 19.4 Å². The Morgan fingerprint density at radius 2 is 1.50 bits per heavy atom. The first kappa shape index (κ1) is 20.5. The van der Waals surface area contributed by atoms with Crippen LogP contribution in [0.1, 0.15) is 38.7 Å². The summed E-state index contributed by atoms with van der Waals surface area (Å²) in [4.78, 5) is 19.4. The van der Waals surface area contributed by atoms with E-state index in [4.69, 9.17) is 0 Å². The molecule has 0 saturated carbocycles. The van der Waals surface area contributed by atoms with Gasteiger partial charge in [-0.3, -0.25) is 4.79 Å². The molecule has 6 rings (SSSR count). The molecule has 0 unspecified atom stereocenters. The van der Waals surface area contributed by atoms with Crippen LogP contribution in [0.5, 0.6) is 0 Å². The largest absolute Gasteiger partial charge is 0.354 e. The number of nitrogens with zero attached hydrogens (tertiary/aromatic N) is 1. The Kier molecular flexibility index (Phi) is 5.03. The smallest absolute Gasteiger partial charge is 0.255 e. The number of para-hydroxylation sites is 1. The molecule has 0 fully saturated rings. The number of carbonyl (C=O) groups is 1. The third-order valence-corrected chi connectivity index (χ3v) is 6.90. The number of carbonyl (C=O) groups excluding carboxylic acids is 1. The van der Waals surface area contributed by atoms with E-state index in [1.54, 1.807) is 0 Å². The molecule has 0 radical (unpaired) electrons. The molecule has 2 heterocycles. The number of H-pyrrole nitrogens is 1. The van der Waals surface area contributed by atoms with Gasteiger partial charge in [0.25, 0.3) is 5.91 Å². The van der Waals surface area contributed by atoms with Crippen molar-refractivity contribution in [3.05, 3.63) is 131 Å². The molecular weight excluding hydrogens is 416 g/mol. The van der Waals surface area contributed by atoms with Gasteiger partial charge in [-0.05, 0) is 42.2 Å². The van der Waals surface area contributed by atoms with Crippen molar-refractivity contribution in [1.82, 2.24) is 9.88 Å². The summed E-state index contributed by atoms with van der Waals surface area (Å²) in [7, 11) is 0. The van der Waals surface area contributed by atoms with E-state index in [1.807, 2.05) is 24.3 Å². The molecule has 1 atom stereocenters. The van der Waals surface area contributed by atoms with E-state index in [0.29, 0.717) is 6.54 Å². The highest BCUT2D eigenvalue weighted by atomic mass is 16.2. The van der Waals surface area contributed by atoms with E-state index < -0.39 is 0 Å². The van der Waals surface area contributed by atoms with E-state index in [-0.39, 0.29) is 11.9 Å². The number of hydrogen-bond donors (Lipinski definition) is 1. The molecule has 166 valence electrons. The summed E-state index contributed by atoms with van der Waals surface area (Å²) in [5, 5.41) is 1.16. The summed E-state index contributed by atoms with van der Waals surface area (Å²) >= 11 is 0. The summed E-state index contributed by atoms with van der Waals surface area (Å²) in [5.74, 6) is 0.108. The summed E-state index contributed by atoms with van der Waals surface area (Å²) in [5.41, 5.74) is 8.84. The van der Waals surface area contributed by atoms with Gasteiger partial charge in [0.05, 0.1) is 11.7 Å². The van der Waals surface area contributed by atoms with Crippen LogP contribution in [0.2, 0.25) is 0 Å². The van der Waals surface area contributed by atoms with Crippen molar-refractivity contribution in [1.29, 1.82) is 0 Å². The summed E-state index contributed by atoms with van der Waals surface area (Å²) < 4.78 is 0. The van der Waals surface area contributed by atoms with E-state index in [9.17, 15) is 4.79 Å². The average Bonchev–Trinajstić information content (AvgIpc) is 3.39. The van der Waals surface area contributed by atoms with Gasteiger partial charge in [-0.25, -0.2) is 0 Å². The van der Waals surface area contributed by atoms with Crippen molar-refractivity contribution in [2.24, 2.45) is 0 Å². The Hall–Kier alpha value is -4.11. The zero-order valence-electron chi connectivity index (χ0n) is 19.2. The predicted octanol–water partition coefficient (Wildman–Crippen LogP) is 6.93. The molecule has 5 aromatic rings. The molecule has 1 aliphatic rings. The monoisotopic (exact) mass is 442 g/mol.